The molecule has 0 saturated carbocycles. The van der Waals surface area contributed by atoms with Gasteiger partial charge in [0.15, 0.2) is 0 Å². The lowest BCUT2D eigenvalue weighted by Gasteiger charge is -2.03. The molecule has 6 heteroatoms. The predicted octanol–water partition coefficient (Wildman–Crippen LogP) is 0.170. The van der Waals surface area contributed by atoms with E-state index in [1.807, 2.05) is 0 Å². The summed E-state index contributed by atoms with van der Waals surface area (Å²) in [6.45, 7) is 2.29. The summed E-state index contributed by atoms with van der Waals surface area (Å²) in [5.74, 6) is 0. The fourth-order valence-electron chi connectivity index (χ4n) is 1.21. The topological polar surface area (TPSA) is 86.9 Å². The molecule has 6 nitrogen and oxygen atoms in total. The maximum absolute atomic E-state index is 11.1. The molecule has 0 spiro atoms. The fraction of sp³-hybridized carbons (Fsp3) is 0.222. The van der Waals surface area contributed by atoms with Gasteiger partial charge in [-0.2, -0.15) is 0 Å². The molecular weight excluding hydrogens is 196 g/mol. The normalized spacial score (nSPS) is 10.5. The third kappa shape index (κ3) is 1.88. The standard InChI is InChI=1S/C9H10N4O2/c1-6-8(12-15-11-6)5-13-3-2-9(14)7(10)4-13/h2-4H,5,10H2,1H3. The van der Waals surface area contributed by atoms with Crippen molar-refractivity contribution in [1.29, 1.82) is 0 Å². The molecule has 0 aliphatic rings. The average molecular weight is 206 g/mol. The van der Waals surface area contributed by atoms with Crippen LogP contribution in [0, 0.1) is 6.92 Å². The monoisotopic (exact) mass is 206 g/mol. The fourth-order valence-corrected chi connectivity index (χ4v) is 1.21. The summed E-state index contributed by atoms with van der Waals surface area (Å²) in [5.41, 5.74) is 6.98. The number of pyridine rings is 1. The summed E-state index contributed by atoms with van der Waals surface area (Å²) < 4.78 is 6.32. The number of aryl methyl sites for hydroxylation is 1. The quantitative estimate of drug-likeness (QED) is 0.756. The summed E-state index contributed by atoms with van der Waals surface area (Å²) in [4.78, 5) is 11.1. The molecule has 2 aromatic rings. The van der Waals surface area contributed by atoms with Crippen LogP contribution in [-0.2, 0) is 6.54 Å². The number of anilines is 1. The van der Waals surface area contributed by atoms with Crippen LogP contribution >= 0.6 is 0 Å². The van der Waals surface area contributed by atoms with Gasteiger partial charge < -0.3 is 10.3 Å². The third-order valence-electron chi connectivity index (χ3n) is 2.09. The summed E-state index contributed by atoms with van der Waals surface area (Å²) in [5, 5.41) is 7.40. The second kappa shape index (κ2) is 3.56. The van der Waals surface area contributed by atoms with Crippen molar-refractivity contribution in [3.05, 3.63) is 40.1 Å². The maximum atomic E-state index is 11.1. The molecule has 0 saturated heterocycles. The lowest BCUT2D eigenvalue weighted by molar-refractivity contribution is 0.300. The lowest BCUT2D eigenvalue weighted by Crippen LogP contribution is -2.11. The molecule has 0 aliphatic heterocycles. The molecule has 2 aromatic heterocycles. The molecule has 2 rings (SSSR count). The van der Waals surface area contributed by atoms with Gasteiger partial charge in [-0.1, -0.05) is 10.3 Å². The van der Waals surface area contributed by atoms with Crippen LogP contribution in [-0.4, -0.2) is 14.9 Å². The second-order valence-electron chi connectivity index (χ2n) is 3.23. The molecular formula is C9H10N4O2. The first-order chi connectivity index (χ1) is 7.16. The summed E-state index contributed by atoms with van der Waals surface area (Å²) in [6, 6.07) is 1.41. The highest BCUT2D eigenvalue weighted by molar-refractivity contribution is 5.33. The van der Waals surface area contributed by atoms with Gasteiger partial charge in [0.1, 0.15) is 11.4 Å². The molecule has 0 bridgehead atoms. The van der Waals surface area contributed by atoms with Crippen molar-refractivity contribution in [3.63, 3.8) is 0 Å². The Kier molecular flexibility index (Phi) is 2.24. The number of nitrogens with zero attached hydrogens (tertiary/aromatic N) is 3. The van der Waals surface area contributed by atoms with E-state index in [9.17, 15) is 4.79 Å². The van der Waals surface area contributed by atoms with Crippen molar-refractivity contribution in [3.8, 4) is 0 Å². The van der Waals surface area contributed by atoms with Crippen molar-refractivity contribution in [2.24, 2.45) is 0 Å². The number of nitrogens with two attached hydrogens (primary N) is 1. The van der Waals surface area contributed by atoms with Crippen LogP contribution in [0.4, 0.5) is 5.69 Å². The molecule has 0 aliphatic carbocycles. The Bertz CT molecular complexity index is 529. The molecule has 2 N–H and O–H groups in total. The first-order valence-electron chi connectivity index (χ1n) is 4.40. The van der Waals surface area contributed by atoms with Gasteiger partial charge in [-0.25, -0.2) is 4.63 Å². The van der Waals surface area contributed by atoms with Gasteiger partial charge in [-0.3, -0.25) is 4.79 Å². The predicted molar refractivity (Wildman–Crippen MR) is 53.3 cm³/mol. The molecule has 2 heterocycles. The average Bonchev–Trinajstić information content (AvgIpc) is 2.59. The van der Waals surface area contributed by atoms with Crippen LogP contribution in [0.5, 0.6) is 0 Å². The number of nitrogen functional groups attached to an aromatic ring is 1. The van der Waals surface area contributed by atoms with Crippen molar-refractivity contribution in [1.82, 2.24) is 14.9 Å². The Morgan fingerprint density at radius 2 is 2.33 bits per heavy atom. The van der Waals surface area contributed by atoms with Gasteiger partial charge in [-0.05, 0) is 6.92 Å². The van der Waals surface area contributed by atoms with E-state index in [2.05, 4.69) is 14.9 Å². The molecule has 0 fully saturated rings. The third-order valence-corrected chi connectivity index (χ3v) is 2.09. The van der Waals surface area contributed by atoms with Crippen LogP contribution in [0.1, 0.15) is 11.4 Å². The summed E-state index contributed by atoms with van der Waals surface area (Å²) in [6.07, 6.45) is 3.21. The minimum Gasteiger partial charge on any atom is -0.394 e. The Hall–Kier alpha value is -2.11. The highest BCUT2D eigenvalue weighted by Gasteiger charge is 2.05. The lowest BCUT2D eigenvalue weighted by atomic mass is 10.3. The van der Waals surface area contributed by atoms with Gasteiger partial charge in [0, 0.05) is 18.5 Å². The SMILES string of the molecule is Cc1nonc1Cn1ccc(=O)c(N)c1. The molecule has 0 atom stereocenters. The molecule has 15 heavy (non-hydrogen) atoms. The van der Waals surface area contributed by atoms with Crippen LogP contribution in [0.3, 0.4) is 0 Å². The van der Waals surface area contributed by atoms with Crippen molar-refractivity contribution in [2.75, 3.05) is 5.73 Å². The van der Waals surface area contributed by atoms with Crippen LogP contribution in [0.25, 0.3) is 0 Å². The highest BCUT2D eigenvalue weighted by atomic mass is 16.6. The Balaban J connectivity index is 2.29. The Labute approximate surface area is 85.3 Å². The van der Waals surface area contributed by atoms with E-state index in [4.69, 9.17) is 5.73 Å². The van der Waals surface area contributed by atoms with Crippen molar-refractivity contribution >= 4 is 5.69 Å². The number of hydrogen-bond acceptors (Lipinski definition) is 5. The number of rotatable bonds is 2. The number of hydrogen-bond donors (Lipinski definition) is 1. The van der Waals surface area contributed by atoms with Gasteiger partial charge in [0.2, 0.25) is 5.43 Å². The zero-order valence-corrected chi connectivity index (χ0v) is 8.17. The Morgan fingerprint density at radius 3 is 2.93 bits per heavy atom. The van der Waals surface area contributed by atoms with Gasteiger partial charge in [-0.15, -0.1) is 0 Å². The van der Waals surface area contributed by atoms with E-state index >= 15 is 0 Å². The van der Waals surface area contributed by atoms with Crippen molar-refractivity contribution in [2.45, 2.75) is 13.5 Å². The van der Waals surface area contributed by atoms with Crippen LogP contribution < -0.4 is 11.2 Å². The van der Waals surface area contributed by atoms with Crippen LogP contribution in [0.2, 0.25) is 0 Å². The first-order valence-corrected chi connectivity index (χ1v) is 4.40. The Morgan fingerprint density at radius 1 is 1.53 bits per heavy atom. The van der Waals surface area contributed by atoms with E-state index in [0.717, 1.165) is 11.4 Å². The summed E-state index contributed by atoms with van der Waals surface area (Å²) >= 11 is 0. The van der Waals surface area contributed by atoms with E-state index < -0.39 is 0 Å². The first kappa shape index (κ1) is 9.45. The zero-order valence-electron chi connectivity index (χ0n) is 8.17. The largest absolute Gasteiger partial charge is 0.394 e. The van der Waals surface area contributed by atoms with E-state index in [-0.39, 0.29) is 11.1 Å². The molecule has 0 unspecified atom stereocenters. The highest BCUT2D eigenvalue weighted by Crippen LogP contribution is 2.04. The summed E-state index contributed by atoms with van der Waals surface area (Å²) in [7, 11) is 0. The van der Waals surface area contributed by atoms with Crippen molar-refractivity contribution < 1.29 is 4.63 Å². The zero-order chi connectivity index (χ0) is 10.8. The second-order valence-corrected chi connectivity index (χ2v) is 3.23. The van der Waals surface area contributed by atoms with Crippen LogP contribution in [0.15, 0.2) is 27.9 Å². The molecule has 0 aromatic carbocycles. The smallest absolute Gasteiger partial charge is 0.204 e. The van der Waals surface area contributed by atoms with E-state index in [1.165, 1.54) is 6.07 Å². The molecule has 78 valence electrons. The number of aromatic nitrogens is 3. The van der Waals surface area contributed by atoms with E-state index in [0.29, 0.717) is 6.54 Å². The van der Waals surface area contributed by atoms with E-state index in [1.54, 1.807) is 23.9 Å². The van der Waals surface area contributed by atoms with Gasteiger partial charge in [0.05, 0.1) is 12.2 Å². The van der Waals surface area contributed by atoms with Gasteiger partial charge in [0.25, 0.3) is 0 Å². The maximum Gasteiger partial charge on any atom is 0.204 e. The minimum atomic E-state index is -0.179. The van der Waals surface area contributed by atoms with Gasteiger partial charge >= 0.3 is 0 Å². The molecule has 0 radical (unpaired) electrons. The molecule has 0 amide bonds. The minimum absolute atomic E-state index is 0.179.